The molecule has 2 N–H and O–H groups in total. The zero-order valence-electron chi connectivity index (χ0n) is 51.8. The fraction of sp³-hybridized carbons (Fsp3) is 0. The van der Waals surface area contributed by atoms with E-state index in [1.54, 1.807) is 0 Å². The summed E-state index contributed by atoms with van der Waals surface area (Å²) in [5.41, 5.74) is 29.7. The van der Waals surface area contributed by atoms with Gasteiger partial charge in [-0.25, -0.2) is 0 Å². The Labute approximate surface area is 551 Å². The molecule has 15 aromatic carbocycles. The minimum absolute atomic E-state index is 1.04. The van der Waals surface area contributed by atoms with Gasteiger partial charge in [0.15, 0.2) is 0 Å². The summed E-state index contributed by atoms with van der Waals surface area (Å²) in [6.45, 7) is 0. The second-order valence-corrected chi connectivity index (χ2v) is 23.5. The van der Waals surface area contributed by atoms with Gasteiger partial charge in [-0.2, -0.15) is 0 Å². The molecule has 0 radical (unpaired) electrons. The highest BCUT2D eigenvalue weighted by Gasteiger charge is 2.17. The lowest BCUT2D eigenvalue weighted by molar-refractivity contribution is 1.28. The normalized spacial score (nSPS) is 11.0. The van der Waals surface area contributed by atoms with Crippen LogP contribution in [0.1, 0.15) is 0 Å². The topological polar surface area (TPSA) is 30.5 Å². The zero-order valence-corrected chi connectivity index (χ0v) is 51.8. The minimum atomic E-state index is 1.04. The second-order valence-electron chi connectivity index (χ2n) is 23.5. The first kappa shape index (κ1) is 57.9. The van der Waals surface area contributed by atoms with Crippen LogP contribution in [0.4, 0.5) is 56.9 Å². The molecule has 4 nitrogen and oxygen atoms in total. The number of para-hydroxylation sites is 2. The molecule has 0 heterocycles. The SMILES string of the molecule is c1ccc(-c2ccccc2-c2ccc(Nc3ccc(-c4ccc(N(c5ccccc5)c5ccc(-c6ccc(-c7ccc(N(c8ccccc8)c8ccc(-c9ccc(Nc%10ccc(-c%11ccccc%11-c%11ccccc%11)cc%10)cc9)cc8)cc7)cc6)cc5)cc4)cc3)cc2)cc1. The Hall–Kier alpha value is -12.5. The van der Waals surface area contributed by atoms with E-state index in [0.717, 1.165) is 101 Å². The number of nitrogens with one attached hydrogen (secondary N) is 2. The molecule has 0 unspecified atom stereocenters. The van der Waals surface area contributed by atoms with Crippen molar-refractivity contribution in [2.24, 2.45) is 0 Å². The molecule has 0 aliphatic rings. The van der Waals surface area contributed by atoms with E-state index in [4.69, 9.17) is 0 Å². The summed E-state index contributed by atoms with van der Waals surface area (Å²) >= 11 is 0. The highest BCUT2D eigenvalue weighted by molar-refractivity contribution is 5.87. The van der Waals surface area contributed by atoms with Crippen molar-refractivity contribution in [1.82, 2.24) is 0 Å². The molecule has 0 spiro atoms. The van der Waals surface area contributed by atoms with E-state index < -0.39 is 0 Å². The molecule has 0 amide bonds. The summed E-state index contributed by atoms with van der Waals surface area (Å²) in [4.78, 5) is 4.64. The maximum absolute atomic E-state index is 3.61. The molecule has 94 heavy (non-hydrogen) atoms. The van der Waals surface area contributed by atoms with Gasteiger partial charge in [0, 0.05) is 56.9 Å². The van der Waals surface area contributed by atoms with Crippen molar-refractivity contribution in [3.8, 4) is 89.0 Å². The molecule has 0 aromatic heterocycles. The molecule has 0 aliphatic carbocycles. The number of hydrogen-bond donors (Lipinski definition) is 2. The van der Waals surface area contributed by atoms with Crippen molar-refractivity contribution in [2.45, 2.75) is 0 Å². The third-order valence-corrected chi connectivity index (χ3v) is 17.5. The van der Waals surface area contributed by atoms with E-state index in [-0.39, 0.29) is 0 Å². The molecule has 0 bridgehead atoms. The summed E-state index contributed by atoms with van der Waals surface area (Å²) in [7, 11) is 0. The molecule has 0 saturated heterocycles. The third-order valence-electron chi connectivity index (χ3n) is 17.5. The van der Waals surface area contributed by atoms with E-state index in [0.29, 0.717) is 0 Å². The largest absolute Gasteiger partial charge is 0.356 e. The Morgan fingerprint density at radius 1 is 0.128 bits per heavy atom. The Balaban J connectivity index is 0.590. The number of nitrogens with zero attached hydrogens (tertiary/aromatic N) is 2. The summed E-state index contributed by atoms with van der Waals surface area (Å²) in [5.74, 6) is 0. The Morgan fingerprint density at radius 2 is 0.287 bits per heavy atom. The van der Waals surface area contributed by atoms with Crippen LogP contribution in [-0.4, -0.2) is 0 Å². The average Bonchev–Trinajstić information content (AvgIpc) is 1.81. The molecule has 0 fully saturated rings. The summed E-state index contributed by atoms with van der Waals surface area (Å²) in [6, 6.07) is 139. The van der Waals surface area contributed by atoms with Crippen LogP contribution in [0.3, 0.4) is 0 Å². The van der Waals surface area contributed by atoms with Crippen molar-refractivity contribution in [2.75, 3.05) is 20.4 Å². The molecule has 0 saturated carbocycles. The Bertz CT molecular complexity index is 4630. The van der Waals surface area contributed by atoms with Gasteiger partial charge >= 0.3 is 0 Å². The zero-order chi connectivity index (χ0) is 62.8. The van der Waals surface area contributed by atoms with Crippen LogP contribution < -0.4 is 20.4 Å². The maximum atomic E-state index is 3.61. The molecule has 446 valence electrons. The molecule has 15 aromatic rings. The maximum Gasteiger partial charge on any atom is 0.0462 e. The van der Waals surface area contributed by atoms with Crippen LogP contribution in [0.15, 0.2) is 388 Å². The molecule has 0 atom stereocenters. The predicted molar refractivity (Wildman–Crippen MR) is 399 cm³/mol. The van der Waals surface area contributed by atoms with E-state index in [9.17, 15) is 0 Å². The second kappa shape index (κ2) is 26.9. The van der Waals surface area contributed by atoms with Gasteiger partial charge in [0.05, 0.1) is 0 Å². The molecular weight excluding hydrogens is 1140 g/mol. The molecule has 4 heteroatoms. The van der Waals surface area contributed by atoms with Gasteiger partial charge < -0.3 is 20.4 Å². The third kappa shape index (κ3) is 12.8. The van der Waals surface area contributed by atoms with Crippen molar-refractivity contribution in [3.05, 3.63) is 388 Å². The summed E-state index contributed by atoms with van der Waals surface area (Å²) in [5, 5.41) is 7.22. The lowest BCUT2D eigenvalue weighted by Crippen LogP contribution is -2.09. The molecular formula is C90H66N4. The summed E-state index contributed by atoms with van der Waals surface area (Å²) in [6.07, 6.45) is 0. The quantitative estimate of drug-likeness (QED) is 0.0896. The molecule has 15 rings (SSSR count). The first-order valence-corrected chi connectivity index (χ1v) is 32.0. The minimum Gasteiger partial charge on any atom is -0.356 e. The predicted octanol–water partition coefficient (Wildman–Crippen LogP) is 25.4. The standard InChI is InChI=1S/C90H66N4/c1-5-17-73(18-6-1)87-25-13-15-27-89(87)75-37-53-79(54-38-75)91-77-49-33-67(34-50-77)71-45-61-85(62-46-71)93(81-21-9-3-10-22-81)83-57-41-69(42-58-83)65-29-31-66(32-30-65)70-43-59-84(60-44-70)94(82-23-11-4-12-24-82)86-63-47-72(48-64-86)68-35-51-78(52-36-68)92-80-55-39-76(40-56-80)90-28-16-14-26-88(90)74-19-7-2-8-20-74/h1-64,91-92H. The van der Waals surface area contributed by atoms with Gasteiger partial charge in [-0.15, -0.1) is 0 Å². The van der Waals surface area contributed by atoms with Crippen molar-refractivity contribution in [1.29, 1.82) is 0 Å². The number of benzene rings is 15. The fourth-order valence-electron chi connectivity index (χ4n) is 12.6. The number of hydrogen-bond acceptors (Lipinski definition) is 4. The monoisotopic (exact) mass is 1200 g/mol. The van der Waals surface area contributed by atoms with Gasteiger partial charge in [0.2, 0.25) is 0 Å². The van der Waals surface area contributed by atoms with Gasteiger partial charge in [-0.1, -0.05) is 267 Å². The Morgan fingerprint density at radius 3 is 0.521 bits per heavy atom. The van der Waals surface area contributed by atoms with Crippen molar-refractivity contribution < 1.29 is 0 Å². The van der Waals surface area contributed by atoms with Gasteiger partial charge in [0.1, 0.15) is 0 Å². The smallest absolute Gasteiger partial charge is 0.0462 e. The first-order chi connectivity index (χ1) is 46.6. The number of rotatable bonds is 18. The van der Waals surface area contributed by atoms with Gasteiger partial charge in [0.25, 0.3) is 0 Å². The lowest BCUT2D eigenvalue weighted by Gasteiger charge is -2.26. The van der Waals surface area contributed by atoms with E-state index in [1.807, 2.05) is 0 Å². The van der Waals surface area contributed by atoms with Crippen LogP contribution in [0.5, 0.6) is 0 Å². The number of anilines is 10. The van der Waals surface area contributed by atoms with Crippen LogP contribution in [0, 0.1) is 0 Å². The van der Waals surface area contributed by atoms with Crippen LogP contribution in [-0.2, 0) is 0 Å². The fourth-order valence-corrected chi connectivity index (χ4v) is 12.6. The van der Waals surface area contributed by atoms with Crippen LogP contribution >= 0.6 is 0 Å². The molecule has 0 aliphatic heterocycles. The van der Waals surface area contributed by atoms with E-state index >= 15 is 0 Å². The van der Waals surface area contributed by atoms with Crippen molar-refractivity contribution >= 4 is 56.9 Å². The lowest BCUT2D eigenvalue weighted by atomic mass is 9.94. The van der Waals surface area contributed by atoms with Gasteiger partial charge in [-0.05, 0) is 210 Å². The van der Waals surface area contributed by atoms with Crippen LogP contribution in [0.2, 0.25) is 0 Å². The van der Waals surface area contributed by atoms with E-state index in [2.05, 4.69) is 409 Å². The highest BCUT2D eigenvalue weighted by atomic mass is 15.1. The average molecular weight is 1200 g/mol. The Kier molecular flexibility index (Phi) is 16.6. The van der Waals surface area contributed by atoms with Crippen molar-refractivity contribution in [3.63, 3.8) is 0 Å². The van der Waals surface area contributed by atoms with E-state index in [1.165, 1.54) is 44.5 Å². The first-order valence-electron chi connectivity index (χ1n) is 32.0. The van der Waals surface area contributed by atoms with Crippen LogP contribution in [0.25, 0.3) is 89.0 Å². The highest BCUT2D eigenvalue weighted by Crippen LogP contribution is 2.41. The van der Waals surface area contributed by atoms with Gasteiger partial charge in [-0.3, -0.25) is 0 Å². The summed E-state index contributed by atoms with van der Waals surface area (Å²) < 4.78 is 0.